The molecule has 1 saturated heterocycles. The van der Waals surface area contributed by atoms with Crippen LogP contribution in [0.15, 0.2) is 158 Å². The Kier molecular flexibility index (Phi) is 17.8. The van der Waals surface area contributed by atoms with Crippen LogP contribution in [-0.2, 0) is 37.0 Å². The molecule has 1 aliphatic carbocycles. The summed E-state index contributed by atoms with van der Waals surface area (Å²) >= 11 is 1.52. The molecule has 1 N–H and O–H groups in total. The topological polar surface area (TPSA) is 143 Å². The maximum atomic E-state index is 11.2. The Labute approximate surface area is 430 Å². The second kappa shape index (κ2) is 25.5. The number of para-hydroxylation sites is 1. The molecule has 2 fully saturated rings. The lowest BCUT2D eigenvalue weighted by Crippen LogP contribution is -2.24. The highest BCUT2D eigenvalue weighted by Gasteiger charge is 2.43. The number of carbonyl (C=O) groups excluding carboxylic acids is 1. The first-order valence-corrected chi connectivity index (χ1v) is 25.7. The number of epoxide rings is 1. The van der Waals surface area contributed by atoms with Crippen molar-refractivity contribution >= 4 is 49.6 Å². The largest absolute Gasteiger partial charge is 0.493 e. The number of benzene rings is 6. The van der Waals surface area contributed by atoms with Crippen LogP contribution in [0.25, 0.3) is 32.1 Å². The smallest absolute Gasteiger partial charge is 0.330 e. The fraction of sp³-hybridized carbons (Fsp3) is 0.305. The minimum Gasteiger partial charge on any atom is -0.493 e. The van der Waals surface area contributed by atoms with Crippen molar-refractivity contribution < 1.29 is 47.8 Å². The molecule has 4 unspecified atom stereocenters. The Morgan fingerprint density at radius 3 is 2.27 bits per heavy atom. The molecular weight excluding hydrogens is 943 g/mol. The van der Waals surface area contributed by atoms with Gasteiger partial charge < -0.3 is 43.0 Å². The summed E-state index contributed by atoms with van der Waals surface area (Å²) in [5.74, 6) is 3.01. The first kappa shape index (κ1) is 50.9. The summed E-state index contributed by atoms with van der Waals surface area (Å²) < 4.78 is 48.1. The zero-order valence-corrected chi connectivity index (χ0v) is 41.7. The van der Waals surface area contributed by atoms with Crippen LogP contribution in [0.4, 0.5) is 5.13 Å². The van der Waals surface area contributed by atoms with Crippen LogP contribution in [-0.4, -0.2) is 87.0 Å². The summed E-state index contributed by atoms with van der Waals surface area (Å²) in [5, 5.41) is 19.6. The number of ether oxygens (including phenoxy) is 8. The second-order valence-electron chi connectivity index (χ2n) is 17.9. The molecule has 1 aliphatic heterocycles. The summed E-state index contributed by atoms with van der Waals surface area (Å²) in [4.78, 5) is 16.1. The van der Waals surface area contributed by atoms with E-state index in [1.54, 1.807) is 11.2 Å². The average Bonchev–Trinajstić information content (AvgIpc) is 4.08. The van der Waals surface area contributed by atoms with Gasteiger partial charge in [-0.2, -0.15) is 5.10 Å². The molecule has 2 heterocycles. The van der Waals surface area contributed by atoms with Crippen LogP contribution in [0.2, 0.25) is 0 Å². The number of aromatic nitrogens is 1. The zero-order chi connectivity index (χ0) is 50.2. The number of aliphatic hydroxyl groups excluding tert-OH is 1. The highest BCUT2D eigenvalue weighted by Crippen LogP contribution is 2.39. The van der Waals surface area contributed by atoms with Gasteiger partial charge in [0.25, 0.3) is 0 Å². The van der Waals surface area contributed by atoms with Crippen LogP contribution in [0.5, 0.6) is 23.0 Å². The number of aliphatic hydroxyl groups is 1. The van der Waals surface area contributed by atoms with E-state index in [2.05, 4.69) is 67.8 Å². The molecule has 4 atom stereocenters. The van der Waals surface area contributed by atoms with Gasteiger partial charge in [0.15, 0.2) is 6.29 Å². The zero-order valence-electron chi connectivity index (χ0n) is 40.9. The Balaban J connectivity index is 0.843. The van der Waals surface area contributed by atoms with Crippen molar-refractivity contribution in [3.8, 4) is 34.1 Å². The number of hydrazone groups is 1. The normalized spacial score (nSPS) is 16.4. The highest BCUT2D eigenvalue weighted by molar-refractivity contribution is 7.22. The Hall–Kier alpha value is -7.07. The minimum absolute atomic E-state index is 0.172. The van der Waals surface area contributed by atoms with Crippen molar-refractivity contribution in [1.29, 1.82) is 0 Å². The average molecular weight is 1000 g/mol. The molecule has 73 heavy (non-hydrogen) atoms. The Morgan fingerprint density at radius 1 is 0.753 bits per heavy atom. The molecule has 378 valence electrons. The number of carbonyl (C=O) groups is 1. The summed E-state index contributed by atoms with van der Waals surface area (Å²) in [5.41, 5.74) is 5.67. The molecule has 7 aromatic rings. The molecule has 0 amide bonds. The molecule has 2 aliphatic rings. The lowest BCUT2D eigenvalue weighted by molar-refractivity contribution is -0.137. The molecule has 9 rings (SSSR count). The Morgan fingerprint density at radius 2 is 1.47 bits per heavy atom. The highest BCUT2D eigenvalue weighted by atomic mass is 32.1. The van der Waals surface area contributed by atoms with Crippen LogP contribution in [0, 0.1) is 5.92 Å². The summed E-state index contributed by atoms with van der Waals surface area (Å²) in [6.45, 7) is 11.0. The van der Waals surface area contributed by atoms with E-state index < -0.39 is 12.3 Å². The third-order valence-corrected chi connectivity index (χ3v) is 13.6. The Bertz CT molecular complexity index is 2930. The second-order valence-corrected chi connectivity index (χ2v) is 18.9. The van der Waals surface area contributed by atoms with Gasteiger partial charge >= 0.3 is 5.97 Å². The number of esters is 1. The fourth-order valence-corrected chi connectivity index (χ4v) is 9.47. The maximum Gasteiger partial charge on any atom is 0.330 e. The molecule has 13 nitrogen and oxygen atoms in total. The molecule has 0 spiro atoms. The van der Waals surface area contributed by atoms with Gasteiger partial charge in [0.05, 0.1) is 61.6 Å². The lowest BCUT2D eigenvalue weighted by atomic mass is 9.90. The van der Waals surface area contributed by atoms with Crippen molar-refractivity contribution in [2.45, 2.75) is 63.8 Å². The fourth-order valence-electron chi connectivity index (χ4n) is 8.52. The van der Waals surface area contributed by atoms with Gasteiger partial charge in [0.2, 0.25) is 5.13 Å². The van der Waals surface area contributed by atoms with Gasteiger partial charge in [0, 0.05) is 37.7 Å². The molecule has 0 radical (unpaired) electrons. The quantitative estimate of drug-likeness (QED) is 0.00729. The standard InChI is InChI=1S/C59H61N3O10S/c1-3-57(63)68-31-8-30-66-49-21-18-45(19-22-49)44-15-11-41(12-16-44)39-70-51-24-26-53(48(36-51)37-60-62(27-32-69-58(64)4-2)59-61-52-9-5-6-10-56(52)73-59)71-40-42-13-17-47-35-50(23-20-46(47)33-42)67-29-7-28-65-38-43-14-25-54-55(34-43)72-54/h3-6,9-13,15-24,26,33,35-37,43,54-55,58,64H,1-2,7-8,14,25,27-32,34,38-40H2/b60-37+. The van der Waals surface area contributed by atoms with E-state index in [0.717, 1.165) is 80.3 Å². The lowest BCUT2D eigenvalue weighted by Gasteiger charge is -2.18. The van der Waals surface area contributed by atoms with Crippen LogP contribution < -0.4 is 24.0 Å². The third-order valence-electron chi connectivity index (χ3n) is 12.6. The van der Waals surface area contributed by atoms with Crippen molar-refractivity contribution in [3.05, 3.63) is 169 Å². The number of thiazole rings is 1. The van der Waals surface area contributed by atoms with Gasteiger partial charge in [-0.1, -0.05) is 91.2 Å². The summed E-state index contributed by atoms with van der Waals surface area (Å²) in [7, 11) is 0. The number of nitrogens with zero attached hydrogens (tertiary/aromatic N) is 3. The van der Waals surface area contributed by atoms with Crippen LogP contribution in [0.1, 0.15) is 48.8 Å². The number of fused-ring (bicyclic) bond motifs is 3. The van der Waals surface area contributed by atoms with E-state index in [1.807, 2.05) is 72.8 Å². The monoisotopic (exact) mass is 1000 g/mol. The first-order valence-electron chi connectivity index (χ1n) is 24.8. The van der Waals surface area contributed by atoms with E-state index in [0.29, 0.717) is 86.3 Å². The minimum atomic E-state index is -1.10. The molecule has 1 saturated carbocycles. The number of hydrogen-bond donors (Lipinski definition) is 1. The van der Waals surface area contributed by atoms with Crippen molar-refractivity contribution in [2.24, 2.45) is 11.0 Å². The van der Waals surface area contributed by atoms with Gasteiger partial charge in [-0.05, 0) is 125 Å². The molecule has 6 aromatic carbocycles. The SMILES string of the molecule is C=CC(=O)OCCCOc1ccc(-c2ccc(COc3ccc(OCc4ccc5cc(OCCCOCC6CCC7OC7C6)ccc5c4)c(/C=N/N(CCOC(O)C=C)c4nc5ccccc5s4)c3)cc2)cc1. The van der Waals surface area contributed by atoms with E-state index in [9.17, 15) is 9.90 Å². The van der Waals surface area contributed by atoms with Crippen molar-refractivity contribution in [1.82, 2.24) is 4.98 Å². The predicted octanol–water partition coefficient (Wildman–Crippen LogP) is 11.5. The van der Waals surface area contributed by atoms with Gasteiger partial charge in [-0.25, -0.2) is 14.8 Å². The molecular formula is C59H61N3O10S. The number of rotatable bonds is 28. The van der Waals surface area contributed by atoms with Crippen molar-refractivity contribution in [2.75, 3.05) is 51.2 Å². The van der Waals surface area contributed by atoms with E-state index >= 15 is 0 Å². The summed E-state index contributed by atoms with van der Waals surface area (Å²) in [6, 6.07) is 42.3. The number of anilines is 1. The predicted molar refractivity (Wildman–Crippen MR) is 286 cm³/mol. The van der Waals surface area contributed by atoms with Crippen molar-refractivity contribution in [3.63, 3.8) is 0 Å². The van der Waals surface area contributed by atoms with Crippen LogP contribution >= 0.6 is 11.3 Å². The molecule has 1 aromatic heterocycles. The summed E-state index contributed by atoms with van der Waals surface area (Å²) in [6.07, 6.45) is 9.05. The number of hydrogen-bond acceptors (Lipinski definition) is 14. The van der Waals surface area contributed by atoms with E-state index in [1.165, 1.54) is 30.3 Å². The van der Waals surface area contributed by atoms with Crippen LogP contribution in [0.3, 0.4) is 0 Å². The van der Waals surface area contributed by atoms with E-state index in [4.69, 9.17) is 48.0 Å². The van der Waals surface area contributed by atoms with Gasteiger partial charge in [-0.3, -0.25) is 0 Å². The molecule has 0 bridgehead atoms. The first-order chi connectivity index (χ1) is 35.8. The molecule has 14 heteroatoms. The van der Waals surface area contributed by atoms with E-state index in [-0.39, 0.29) is 13.2 Å². The third kappa shape index (κ3) is 14.8. The van der Waals surface area contributed by atoms with Gasteiger partial charge in [-0.15, -0.1) is 0 Å². The van der Waals surface area contributed by atoms with Gasteiger partial charge in [0.1, 0.15) is 36.2 Å². The maximum absolute atomic E-state index is 11.2.